The molecule has 0 radical (unpaired) electrons. The molecule has 16 heavy (non-hydrogen) atoms. The zero-order valence-corrected chi connectivity index (χ0v) is 9.47. The van der Waals surface area contributed by atoms with Gasteiger partial charge in [0.25, 0.3) is 0 Å². The molecule has 0 aliphatic carbocycles. The van der Waals surface area contributed by atoms with Crippen LogP contribution in [0.1, 0.15) is 17.4 Å². The van der Waals surface area contributed by atoms with E-state index in [0.717, 1.165) is 18.7 Å². The molecule has 6 nitrogen and oxygen atoms in total. The van der Waals surface area contributed by atoms with Crippen molar-refractivity contribution in [3.63, 3.8) is 0 Å². The number of nitrogens with one attached hydrogen (secondary N) is 1. The van der Waals surface area contributed by atoms with Crippen molar-refractivity contribution >= 4 is 0 Å². The van der Waals surface area contributed by atoms with Gasteiger partial charge in [-0.15, -0.1) is 0 Å². The largest absolute Gasteiger partial charge is 0.340 e. The molecule has 2 aromatic rings. The summed E-state index contributed by atoms with van der Waals surface area (Å²) in [6.07, 6.45) is 2.84. The zero-order chi connectivity index (χ0) is 11.4. The molecule has 2 heterocycles. The Morgan fingerprint density at radius 3 is 3.00 bits per heavy atom. The fourth-order valence-corrected chi connectivity index (χ4v) is 1.43. The zero-order valence-electron chi connectivity index (χ0n) is 9.47. The fraction of sp³-hybridized carbons (Fsp3) is 0.500. The topological polar surface area (TPSA) is 68.8 Å². The van der Waals surface area contributed by atoms with E-state index in [9.17, 15) is 0 Å². The van der Waals surface area contributed by atoms with Crippen molar-refractivity contribution in [1.82, 2.24) is 25.2 Å². The highest BCUT2D eigenvalue weighted by Crippen LogP contribution is 1.96. The van der Waals surface area contributed by atoms with Gasteiger partial charge < -0.3 is 9.84 Å². The van der Waals surface area contributed by atoms with Crippen molar-refractivity contribution in [2.75, 3.05) is 6.54 Å². The minimum absolute atomic E-state index is 0.599. The third-order valence-corrected chi connectivity index (χ3v) is 2.18. The highest BCUT2D eigenvalue weighted by molar-refractivity contribution is 4.99. The molecule has 0 amide bonds. The van der Waals surface area contributed by atoms with Crippen molar-refractivity contribution < 1.29 is 4.52 Å². The first-order valence-electron chi connectivity index (χ1n) is 5.22. The van der Waals surface area contributed by atoms with Crippen LogP contribution in [0.2, 0.25) is 0 Å². The molecule has 1 N–H and O–H groups in total. The van der Waals surface area contributed by atoms with Gasteiger partial charge in [-0.3, -0.25) is 4.68 Å². The summed E-state index contributed by atoms with van der Waals surface area (Å²) in [5.41, 5.74) is 1.08. The van der Waals surface area contributed by atoms with Crippen LogP contribution in [0.5, 0.6) is 0 Å². The number of aryl methyl sites for hydroxylation is 2. The summed E-state index contributed by atoms with van der Waals surface area (Å²) in [6, 6.07) is 2.01. The van der Waals surface area contributed by atoms with Gasteiger partial charge in [0.2, 0.25) is 5.89 Å². The lowest BCUT2D eigenvalue weighted by molar-refractivity contribution is 0.385. The molecule has 0 saturated heterocycles. The molecular formula is C10H15N5O. The van der Waals surface area contributed by atoms with Gasteiger partial charge in [0.05, 0.1) is 12.2 Å². The number of rotatable bonds is 5. The number of nitrogens with zero attached hydrogens (tertiary/aromatic N) is 4. The predicted octanol–water partition coefficient (Wildman–Crippen LogP) is 0.444. The second kappa shape index (κ2) is 4.89. The molecule has 2 rings (SSSR count). The first kappa shape index (κ1) is 10.8. The van der Waals surface area contributed by atoms with Crippen LogP contribution in [-0.2, 0) is 20.0 Å². The van der Waals surface area contributed by atoms with Crippen molar-refractivity contribution in [3.05, 3.63) is 29.7 Å². The highest BCUT2D eigenvalue weighted by atomic mass is 16.5. The summed E-state index contributed by atoms with van der Waals surface area (Å²) >= 11 is 0. The Bertz CT molecular complexity index is 405. The Kier molecular flexibility index (Phi) is 3.31. The minimum Gasteiger partial charge on any atom is -0.340 e. The Balaban J connectivity index is 1.69. The van der Waals surface area contributed by atoms with Crippen LogP contribution in [0.25, 0.3) is 0 Å². The average molecular weight is 221 g/mol. The molecular weight excluding hydrogens is 206 g/mol. The molecule has 0 aliphatic rings. The lowest BCUT2D eigenvalue weighted by Crippen LogP contribution is -2.17. The molecule has 86 valence electrons. The van der Waals surface area contributed by atoms with Crippen molar-refractivity contribution in [2.24, 2.45) is 7.05 Å². The maximum absolute atomic E-state index is 4.87. The van der Waals surface area contributed by atoms with Crippen molar-refractivity contribution in [1.29, 1.82) is 0 Å². The standard InChI is InChI=1S/C10H15N5O/c1-8-12-10(14-16-8)7-11-5-3-9-4-6-15(2)13-9/h4,6,11H,3,5,7H2,1-2H3. The Hall–Kier alpha value is -1.69. The maximum atomic E-state index is 4.87. The second-order valence-electron chi connectivity index (χ2n) is 3.64. The predicted molar refractivity (Wildman–Crippen MR) is 57.7 cm³/mol. The quantitative estimate of drug-likeness (QED) is 0.742. The molecule has 0 aromatic carbocycles. The summed E-state index contributed by atoms with van der Waals surface area (Å²) in [5, 5.41) is 11.3. The van der Waals surface area contributed by atoms with E-state index in [0.29, 0.717) is 18.3 Å². The van der Waals surface area contributed by atoms with Gasteiger partial charge >= 0.3 is 0 Å². The van der Waals surface area contributed by atoms with E-state index in [1.165, 1.54) is 0 Å². The molecule has 2 aromatic heterocycles. The smallest absolute Gasteiger partial charge is 0.223 e. The van der Waals surface area contributed by atoms with Crippen molar-refractivity contribution in [2.45, 2.75) is 19.9 Å². The van der Waals surface area contributed by atoms with Gasteiger partial charge in [-0.05, 0) is 6.07 Å². The number of hydrogen-bond donors (Lipinski definition) is 1. The lowest BCUT2D eigenvalue weighted by Gasteiger charge is -1.98. The van der Waals surface area contributed by atoms with E-state index in [1.54, 1.807) is 11.6 Å². The number of aromatic nitrogens is 4. The maximum Gasteiger partial charge on any atom is 0.223 e. The van der Waals surface area contributed by atoms with Crippen LogP contribution in [0.4, 0.5) is 0 Å². The summed E-state index contributed by atoms with van der Waals surface area (Å²) in [6.45, 7) is 3.26. The molecule has 0 spiro atoms. The molecule has 0 bridgehead atoms. The van der Waals surface area contributed by atoms with E-state index in [-0.39, 0.29) is 0 Å². The van der Waals surface area contributed by atoms with Gasteiger partial charge in [-0.1, -0.05) is 5.16 Å². The van der Waals surface area contributed by atoms with E-state index in [1.807, 2.05) is 19.3 Å². The molecule has 0 fully saturated rings. The van der Waals surface area contributed by atoms with Crippen molar-refractivity contribution in [3.8, 4) is 0 Å². The summed E-state index contributed by atoms with van der Waals surface area (Å²) in [4.78, 5) is 4.10. The second-order valence-corrected chi connectivity index (χ2v) is 3.64. The van der Waals surface area contributed by atoms with Crippen LogP contribution in [-0.4, -0.2) is 26.5 Å². The molecule has 0 aliphatic heterocycles. The van der Waals surface area contributed by atoms with Crippen LogP contribution >= 0.6 is 0 Å². The summed E-state index contributed by atoms with van der Waals surface area (Å²) in [5.74, 6) is 1.29. The Morgan fingerprint density at radius 1 is 1.50 bits per heavy atom. The first-order valence-corrected chi connectivity index (χ1v) is 5.22. The fourth-order valence-electron chi connectivity index (χ4n) is 1.43. The average Bonchev–Trinajstić information content (AvgIpc) is 2.83. The third-order valence-electron chi connectivity index (χ3n) is 2.18. The van der Waals surface area contributed by atoms with Gasteiger partial charge in [0, 0.05) is 33.1 Å². The van der Waals surface area contributed by atoms with Crippen LogP contribution in [0.3, 0.4) is 0 Å². The molecule has 0 saturated carbocycles. The van der Waals surface area contributed by atoms with Gasteiger partial charge in [-0.2, -0.15) is 10.1 Å². The normalized spacial score (nSPS) is 10.9. The highest BCUT2D eigenvalue weighted by Gasteiger charge is 2.01. The van der Waals surface area contributed by atoms with Gasteiger partial charge in [-0.25, -0.2) is 0 Å². The van der Waals surface area contributed by atoms with E-state index < -0.39 is 0 Å². The van der Waals surface area contributed by atoms with Crippen LogP contribution < -0.4 is 5.32 Å². The lowest BCUT2D eigenvalue weighted by atomic mass is 10.3. The Labute approximate surface area is 93.7 Å². The van der Waals surface area contributed by atoms with Gasteiger partial charge in [0.1, 0.15) is 0 Å². The Morgan fingerprint density at radius 2 is 2.38 bits per heavy atom. The first-order chi connectivity index (χ1) is 7.74. The summed E-state index contributed by atoms with van der Waals surface area (Å²) < 4.78 is 6.67. The van der Waals surface area contributed by atoms with E-state index >= 15 is 0 Å². The molecule has 0 atom stereocenters. The van der Waals surface area contributed by atoms with Gasteiger partial charge in [0.15, 0.2) is 5.82 Å². The van der Waals surface area contributed by atoms with Crippen LogP contribution in [0.15, 0.2) is 16.8 Å². The monoisotopic (exact) mass is 221 g/mol. The van der Waals surface area contributed by atoms with E-state index in [2.05, 4.69) is 20.6 Å². The van der Waals surface area contributed by atoms with Crippen LogP contribution in [0, 0.1) is 6.92 Å². The number of hydrogen-bond acceptors (Lipinski definition) is 5. The SMILES string of the molecule is Cc1nc(CNCCc2ccn(C)n2)no1. The molecule has 0 unspecified atom stereocenters. The minimum atomic E-state index is 0.599. The summed E-state index contributed by atoms with van der Waals surface area (Å²) in [7, 11) is 1.92. The third kappa shape index (κ3) is 2.90. The van der Waals surface area contributed by atoms with E-state index in [4.69, 9.17) is 4.52 Å². The molecule has 6 heteroatoms.